The zero-order valence-electron chi connectivity index (χ0n) is 25.6. The van der Waals surface area contributed by atoms with E-state index in [1.165, 1.54) is 103 Å². The Hall–Kier alpha value is -1.10. The van der Waals surface area contributed by atoms with Crippen LogP contribution in [0.25, 0.3) is 0 Å². The van der Waals surface area contributed by atoms with Crippen LogP contribution in [0.5, 0.6) is 0 Å². The molecule has 0 heterocycles. The highest BCUT2D eigenvalue weighted by molar-refractivity contribution is 5.70. The molecule has 0 aliphatic carbocycles. The van der Waals surface area contributed by atoms with Gasteiger partial charge in [0.25, 0.3) is 0 Å². The molecule has 1 N–H and O–H groups in total. The highest BCUT2D eigenvalue weighted by Gasteiger charge is 2.16. The molecule has 1 atom stereocenters. The number of hydrogen-bond acceptors (Lipinski definition) is 5. The van der Waals surface area contributed by atoms with Crippen molar-refractivity contribution < 1.29 is 24.2 Å². The Morgan fingerprint density at radius 3 is 1.39 bits per heavy atom. The van der Waals surface area contributed by atoms with Crippen LogP contribution in [-0.4, -0.2) is 36.4 Å². The van der Waals surface area contributed by atoms with E-state index in [2.05, 4.69) is 20.8 Å². The number of carbonyl (C=O) groups is 2. The highest BCUT2D eigenvalue weighted by atomic mass is 16.6. The van der Waals surface area contributed by atoms with Crippen molar-refractivity contribution >= 4 is 11.9 Å². The molecule has 226 valence electrons. The molecule has 0 aliphatic rings. The van der Waals surface area contributed by atoms with Gasteiger partial charge >= 0.3 is 11.9 Å². The van der Waals surface area contributed by atoms with Gasteiger partial charge in [-0.25, -0.2) is 0 Å². The summed E-state index contributed by atoms with van der Waals surface area (Å²) < 4.78 is 10.5. The summed E-state index contributed by atoms with van der Waals surface area (Å²) in [4.78, 5) is 24.0. The van der Waals surface area contributed by atoms with Crippen LogP contribution in [0.4, 0.5) is 0 Å². The first-order valence-corrected chi connectivity index (χ1v) is 16.5. The molecule has 5 heteroatoms. The van der Waals surface area contributed by atoms with Crippen LogP contribution in [0.15, 0.2) is 0 Å². The maximum atomic E-state index is 12.1. The SMILES string of the molecule is CCCCCCCCCCCCCC(=O)OC[C@H](CO)OC(=O)CCCCCCCCCCCCC(C)C. The number of rotatable bonds is 29. The van der Waals surface area contributed by atoms with E-state index in [0.717, 1.165) is 44.4 Å². The zero-order chi connectivity index (χ0) is 28.1. The van der Waals surface area contributed by atoms with Crippen LogP contribution >= 0.6 is 0 Å². The molecular weight excluding hydrogens is 476 g/mol. The number of ether oxygens (including phenoxy) is 2. The smallest absolute Gasteiger partial charge is 0.306 e. The zero-order valence-corrected chi connectivity index (χ0v) is 25.6. The second-order valence-corrected chi connectivity index (χ2v) is 11.7. The van der Waals surface area contributed by atoms with E-state index >= 15 is 0 Å². The van der Waals surface area contributed by atoms with Gasteiger partial charge in [-0.15, -0.1) is 0 Å². The number of carbonyl (C=O) groups excluding carboxylic acids is 2. The number of aliphatic hydroxyl groups excluding tert-OH is 1. The average Bonchev–Trinajstić information content (AvgIpc) is 2.90. The molecule has 0 aromatic rings. The molecule has 0 aromatic heterocycles. The van der Waals surface area contributed by atoms with E-state index < -0.39 is 6.10 Å². The topological polar surface area (TPSA) is 72.8 Å². The molecule has 0 radical (unpaired) electrons. The van der Waals surface area contributed by atoms with Crippen LogP contribution in [0.2, 0.25) is 0 Å². The van der Waals surface area contributed by atoms with Crippen molar-refractivity contribution in [2.45, 2.75) is 181 Å². The van der Waals surface area contributed by atoms with Gasteiger partial charge in [0.2, 0.25) is 0 Å². The molecule has 0 amide bonds. The van der Waals surface area contributed by atoms with Crippen molar-refractivity contribution in [2.75, 3.05) is 13.2 Å². The third kappa shape index (κ3) is 27.9. The summed E-state index contributed by atoms with van der Waals surface area (Å²) >= 11 is 0. The summed E-state index contributed by atoms with van der Waals surface area (Å²) in [5.74, 6) is 0.242. The summed E-state index contributed by atoms with van der Waals surface area (Å²) in [7, 11) is 0. The Bertz CT molecular complexity index is 520. The first kappa shape index (κ1) is 36.9. The second-order valence-electron chi connectivity index (χ2n) is 11.7. The summed E-state index contributed by atoms with van der Waals surface area (Å²) in [6.45, 7) is 6.45. The Kier molecular flexibility index (Phi) is 28.1. The summed E-state index contributed by atoms with van der Waals surface area (Å²) in [5.41, 5.74) is 0. The molecule has 0 bridgehead atoms. The first-order valence-electron chi connectivity index (χ1n) is 16.5. The number of unbranched alkanes of at least 4 members (excludes halogenated alkanes) is 19. The van der Waals surface area contributed by atoms with Crippen LogP contribution < -0.4 is 0 Å². The standard InChI is InChI=1S/C33H64O5/c1-4-5-6-7-8-9-10-14-17-20-23-26-32(35)37-29-31(28-34)38-33(36)27-24-21-18-15-12-11-13-16-19-22-25-30(2)3/h30-31,34H,4-29H2,1-3H3/t31-/m0/s1. The van der Waals surface area contributed by atoms with Crippen molar-refractivity contribution in [3.8, 4) is 0 Å². The summed E-state index contributed by atoms with van der Waals surface area (Å²) in [6, 6.07) is 0. The van der Waals surface area contributed by atoms with E-state index in [-0.39, 0.29) is 25.2 Å². The van der Waals surface area contributed by atoms with Crippen molar-refractivity contribution in [1.29, 1.82) is 0 Å². The van der Waals surface area contributed by atoms with Gasteiger partial charge in [-0.05, 0) is 18.8 Å². The van der Waals surface area contributed by atoms with Crippen molar-refractivity contribution in [2.24, 2.45) is 5.92 Å². The quantitative estimate of drug-likeness (QED) is 0.0755. The Labute approximate surface area is 236 Å². The maximum Gasteiger partial charge on any atom is 0.306 e. The number of hydrogen-bond donors (Lipinski definition) is 1. The van der Waals surface area contributed by atoms with Crippen LogP contribution in [0, 0.1) is 5.92 Å². The Balaban J connectivity index is 3.56. The van der Waals surface area contributed by atoms with Gasteiger partial charge < -0.3 is 14.6 Å². The van der Waals surface area contributed by atoms with E-state index in [9.17, 15) is 14.7 Å². The summed E-state index contributed by atoms with van der Waals surface area (Å²) in [6.07, 6.45) is 27.2. The minimum absolute atomic E-state index is 0.0590. The molecule has 0 spiro atoms. The van der Waals surface area contributed by atoms with Crippen LogP contribution in [0.3, 0.4) is 0 Å². The highest BCUT2D eigenvalue weighted by Crippen LogP contribution is 2.15. The number of esters is 2. The lowest BCUT2D eigenvalue weighted by atomic mass is 10.0. The second kappa shape index (κ2) is 28.9. The molecule has 0 rings (SSSR count). The molecule has 5 nitrogen and oxygen atoms in total. The average molecular weight is 541 g/mol. The molecular formula is C33H64O5. The summed E-state index contributed by atoms with van der Waals surface area (Å²) in [5, 5.41) is 9.48. The lowest BCUT2D eigenvalue weighted by Crippen LogP contribution is -2.28. The van der Waals surface area contributed by atoms with Crippen molar-refractivity contribution in [1.82, 2.24) is 0 Å². The fourth-order valence-corrected chi connectivity index (χ4v) is 4.80. The molecule has 0 unspecified atom stereocenters. The predicted octanol–water partition coefficient (Wildman–Crippen LogP) is 9.47. The predicted molar refractivity (Wildman–Crippen MR) is 159 cm³/mol. The van der Waals surface area contributed by atoms with Crippen LogP contribution in [-0.2, 0) is 19.1 Å². The van der Waals surface area contributed by atoms with E-state index in [4.69, 9.17) is 9.47 Å². The molecule has 0 aromatic carbocycles. The fraction of sp³-hybridized carbons (Fsp3) is 0.939. The van der Waals surface area contributed by atoms with Crippen molar-refractivity contribution in [3.05, 3.63) is 0 Å². The van der Waals surface area contributed by atoms with Gasteiger partial charge in [0.15, 0.2) is 6.10 Å². The molecule has 0 aliphatic heterocycles. The number of aliphatic hydroxyl groups is 1. The van der Waals surface area contributed by atoms with Gasteiger partial charge in [0, 0.05) is 12.8 Å². The van der Waals surface area contributed by atoms with Crippen molar-refractivity contribution in [3.63, 3.8) is 0 Å². The molecule has 0 fully saturated rings. The van der Waals surface area contributed by atoms with Gasteiger partial charge in [-0.3, -0.25) is 9.59 Å². The first-order chi connectivity index (χ1) is 18.5. The molecule has 0 saturated carbocycles. The Morgan fingerprint density at radius 2 is 0.974 bits per heavy atom. The van der Waals surface area contributed by atoms with Gasteiger partial charge in [0.05, 0.1) is 6.61 Å². The van der Waals surface area contributed by atoms with Gasteiger partial charge in [-0.2, -0.15) is 0 Å². The fourth-order valence-electron chi connectivity index (χ4n) is 4.80. The van der Waals surface area contributed by atoms with Gasteiger partial charge in [-0.1, -0.05) is 149 Å². The van der Waals surface area contributed by atoms with E-state index in [1.807, 2.05) is 0 Å². The lowest BCUT2D eigenvalue weighted by molar-refractivity contribution is -0.161. The van der Waals surface area contributed by atoms with Gasteiger partial charge in [0.1, 0.15) is 6.61 Å². The third-order valence-electron chi connectivity index (χ3n) is 7.33. The minimum atomic E-state index is -0.760. The van der Waals surface area contributed by atoms with E-state index in [1.54, 1.807) is 0 Å². The Morgan fingerprint density at radius 1 is 0.579 bits per heavy atom. The van der Waals surface area contributed by atoms with E-state index in [0.29, 0.717) is 12.8 Å². The monoisotopic (exact) mass is 540 g/mol. The largest absolute Gasteiger partial charge is 0.462 e. The van der Waals surface area contributed by atoms with Crippen LogP contribution in [0.1, 0.15) is 175 Å². The minimum Gasteiger partial charge on any atom is -0.462 e. The molecule has 38 heavy (non-hydrogen) atoms. The maximum absolute atomic E-state index is 12.1. The lowest BCUT2D eigenvalue weighted by Gasteiger charge is -2.15. The molecule has 0 saturated heterocycles. The third-order valence-corrected chi connectivity index (χ3v) is 7.33. The normalized spacial score (nSPS) is 12.1.